The smallest absolute Gasteiger partial charge is 0.270 e. The van der Waals surface area contributed by atoms with Crippen molar-refractivity contribution in [1.29, 1.82) is 0 Å². The Morgan fingerprint density at radius 3 is 2.14 bits per heavy atom. The zero-order valence-electron chi connectivity index (χ0n) is 10.9. The molecule has 6 nitrogen and oxygen atoms in total. The molecule has 4 rings (SSSR count). The number of fused-ring (bicyclic) bond motifs is 5. The van der Waals surface area contributed by atoms with Crippen molar-refractivity contribution in [2.24, 2.45) is 11.8 Å². The Balaban J connectivity index is 1.56. The summed E-state index contributed by atoms with van der Waals surface area (Å²) in [7, 11) is 0. The summed E-state index contributed by atoms with van der Waals surface area (Å²) in [6.07, 6.45) is 2.91. The normalized spacial score (nSPS) is 32.7. The molecule has 0 aromatic heterocycles. The lowest BCUT2D eigenvalue weighted by Crippen LogP contribution is -2.47. The van der Waals surface area contributed by atoms with Crippen LogP contribution in [0.3, 0.4) is 0 Å². The van der Waals surface area contributed by atoms with Crippen molar-refractivity contribution < 1.29 is 19.1 Å². The van der Waals surface area contributed by atoms with E-state index in [0.29, 0.717) is 5.56 Å². The highest BCUT2D eigenvalue weighted by Gasteiger charge is 2.61. The molecule has 3 amide bonds. The lowest BCUT2D eigenvalue weighted by atomic mass is 9.85. The molecule has 2 fully saturated rings. The number of ether oxygens (including phenoxy) is 1. The fourth-order valence-electron chi connectivity index (χ4n) is 3.17. The number of rotatable bonds is 2. The van der Waals surface area contributed by atoms with E-state index in [9.17, 15) is 14.4 Å². The van der Waals surface area contributed by atoms with Crippen LogP contribution in [0.15, 0.2) is 42.5 Å². The first-order chi connectivity index (χ1) is 10.2. The van der Waals surface area contributed by atoms with Gasteiger partial charge in [-0.3, -0.25) is 19.8 Å². The number of hydrogen-bond acceptors (Lipinski definition) is 4. The topological polar surface area (TPSA) is 75.7 Å². The third kappa shape index (κ3) is 1.66. The van der Waals surface area contributed by atoms with Gasteiger partial charge in [0, 0.05) is 5.56 Å². The largest absolute Gasteiger partial charge is 0.365 e. The Morgan fingerprint density at radius 2 is 1.57 bits per heavy atom. The summed E-state index contributed by atoms with van der Waals surface area (Å²) in [5.41, 5.74) is 2.80. The zero-order chi connectivity index (χ0) is 14.6. The number of nitrogens with zero attached hydrogens (tertiary/aromatic N) is 1. The highest BCUT2D eigenvalue weighted by molar-refractivity contribution is 6.09. The molecule has 0 saturated carbocycles. The average molecular weight is 284 g/mol. The van der Waals surface area contributed by atoms with E-state index in [2.05, 4.69) is 5.43 Å². The van der Waals surface area contributed by atoms with Crippen LogP contribution in [0.25, 0.3) is 0 Å². The quantitative estimate of drug-likeness (QED) is 0.625. The van der Waals surface area contributed by atoms with Gasteiger partial charge in [-0.2, -0.15) is 5.01 Å². The van der Waals surface area contributed by atoms with Gasteiger partial charge in [0.1, 0.15) is 0 Å². The third-order valence-corrected chi connectivity index (χ3v) is 4.16. The van der Waals surface area contributed by atoms with Gasteiger partial charge in [0.05, 0.1) is 24.0 Å². The molecule has 21 heavy (non-hydrogen) atoms. The van der Waals surface area contributed by atoms with E-state index in [1.807, 2.05) is 0 Å². The van der Waals surface area contributed by atoms with Crippen molar-refractivity contribution in [2.45, 2.75) is 12.2 Å². The van der Waals surface area contributed by atoms with Crippen LogP contribution in [-0.4, -0.2) is 34.9 Å². The maximum Gasteiger partial charge on any atom is 0.270 e. The summed E-state index contributed by atoms with van der Waals surface area (Å²) in [5.74, 6) is -2.29. The Labute approximate surface area is 120 Å². The molecular weight excluding hydrogens is 272 g/mol. The van der Waals surface area contributed by atoms with Crippen molar-refractivity contribution in [3.05, 3.63) is 48.0 Å². The molecule has 2 bridgehead atoms. The minimum Gasteiger partial charge on any atom is -0.365 e. The maximum atomic E-state index is 12.3. The van der Waals surface area contributed by atoms with Gasteiger partial charge in [-0.1, -0.05) is 30.4 Å². The van der Waals surface area contributed by atoms with E-state index >= 15 is 0 Å². The summed E-state index contributed by atoms with van der Waals surface area (Å²) in [6, 6.07) is 8.46. The standard InChI is InChI=1S/C15H12N2O4/c18-13(8-4-2-1-3-5-8)16-17-14(19)11-9-6-7-10(21-9)12(11)15(17)20/h1-7,9-12H,(H,16,18)/t9-,10-,11-,12+/m0/s1. The lowest BCUT2D eigenvalue weighted by Gasteiger charge is -2.18. The van der Waals surface area contributed by atoms with Crippen LogP contribution in [0.1, 0.15) is 10.4 Å². The van der Waals surface area contributed by atoms with Gasteiger partial charge in [-0.25, -0.2) is 0 Å². The number of amides is 3. The van der Waals surface area contributed by atoms with Gasteiger partial charge in [0.15, 0.2) is 0 Å². The van der Waals surface area contributed by atoms with E-state index in [1.54, 1.807) is 42.5 Å². The second-order valence-corrected chi connectivity index (χ2v) is 5.32. The van der Waals surface area contributed by atoms with Crippen LogP contribution in [0.4, 0.5) is 0 Å². The molecule has 2 saturated heterocycles. The zero-order valence-corrected chi connectivity index (χ0v) is 10.9. The van der Waals surface area contributed by atoms with E-state index in [-0.39, 0.29) is 12.2 Å². The van der Waals surface area contributed by atoms with Crippen molar-refractivity contribution >= 4 is 17.7 Å². The van der Waals surface area contributed by atoms with Crippen LogP contribution >= 0.6 is 0 Å². The minimum atomic E-state index is -0.511. The van der Waals surface area contributed by atoms with Gasteiger partial charge >= 0.3 is 0 Å². The predicted molar refractivity (Wildman–Crippen MR) is 70.5 cm³/mol. The second-order valence-electron chi connectivity index (χ2n) is 5.32. The molecular formula is C15H12N2O4. The third-order valence-electron chi connectivity index (χ3n) is 4.16. The molecule has 6 heteroatoms. The summed E-state index contributed by atoms with van der Waals surface area (Å²) in [4.78, 5) is 36.7. The average Bonchev–Trinajstić information content (AvgIpc) is 3.18. The molecule has 0 unspecified atom stereocenters. The van der Waals surface area contributed by atoms with Crippen LogP contribution < -0.4 is 5.43 Å². The van der Waals surface area contributed by atoms with Gasteiger partial charge in [-0.05, 0) is 12.1 Å². The number of nitrogens with one attached hydrogen (secondary N) is 1. The lowest BCUT2D eigenvalue weighted by molar-refractivity contribution is -0.145. The summed E-state index contributed by atoms with van der Waals surface area (Å²) in [6.45, 7) is 0. The predicted octanol–water partition coefficient (Wildman–Crippen LogP) is 0.270. The Hall–Kier alpha value is -2.47. The van der Waals surface area contributed by atoms with Crippen LogP contribution in [0.5, 0.6) is 0 Å². The van der Waals surface area contributed by atoms with Gasteiger partial charge in [-0.15, -0.1) is 0 Å². The van der Waals surface area contributed by atoms with Crippen LogP contribution in [-0.2, 0) is 14.3 Å². The summed E-state index contributed by atoms with van der Waals surface area (Å²) >= 11 is 0. The summed E-state index contributed by atoms with van der Waals surface area (Å²) in [5, 5.41) is 0.847. The minimum absolute atomic E-state index is 0.352. The second kappa shape index (κ2) is 4.26. The SMILES string of the molecule is O=C(NN1C(=O)[C@@H]2[C@H](C1=O)[C@@H]1C=C[C@@H]2O1)c1ccccc1. The van der Waals surface area contributed by atoms with Crippen LogP contribution in [0, 0.1) is 11.8 Å². The van der Waals surface area contributed by atoms with Gasteiger partial charge in [0.25, 0.3) is 17.7 Å². The molecule has 4 atom stereocenters. The van der Waals surface area contributed by atoms with Crippen molar-refractivity contribution in [3.8, 4) is 0 Å². The Bertz CT molecular complexity index is 640. The monoisotopic (exact) mass is 284 g/mol. The van der Waals surface area contributed by atoms with Crippen molar-refractivity contribution in [2.75, 3.05) is 0 Å². The first kappa shape index (κ1) is 12.3. The molecule has 1 aromatic rings. The molecule has 1 N–H and O–H groups in total. The van der Waals surface area contributed by atoms with E-state index in [1.165, 1.54) is 0 Å². The van der Waals surface area contributed by atoms with Crippen molar-refractivity contribution in [1.82, 2.24) is 10.4 Å². The Kier molecular flexibility index (Phi) is 2.49. The number of hydrazine groups is 1. The summed E-state index contributed by atoms with van der Waals surface area (Å²) < 4.78 is 5.53. The first-order valence-corrected chi connectivity index (χ1v) is 6.74. The molecule has 3 aliphatic rings. The molecule has 0 spiro atoms. The molecule has 106 valence electrons. The molecule has 0 aliphatic carbocycles. The molecule has 1 aromatic carbocycles. The van der Waals surface area contributed by atoms with E-state index < -0.39 is 29.6 Å². The van der Waals surface area contributed by atoms with Gasteiger partial charge in [0.2, 0.25) is 0 Å². The molecule has 3 heterocycles. The Morgan fingerprint density at radius 1 is 1.00 bits per heavy atom. The van der Waals surface area contributed by atoms with Crippen molar-refractivity contribution in [3.63, 3.8) is 0 Å². The fraction of sp³-hybridized carbons (Fsp3) is 0.267. The van der Waals surface area contributed by atoms with E-state index in [0.717, 1.165) is 5.01 Å². The van der Waals surface area contributed by atoms with Crippen LogP contribution in [0.2, 0.25) is 0 Å². The first-order valence-electron chi connectivity index (χ1n) is 6.74. The molecule has 3 aliphatic heterocycles. The highest BCUT2D eigenvalue weighted by atomic mass is 16.5. The highest BCUT2D eigenvalue weighted by Crippen LogP contribution is 2.44. The number of hydrogen-bond donors (Lipinski definition) is 1. The van der Waals surface area contributed by atoms with E-state index in [4.69, 9.17) is 4.74 Å². The number of carbonyl (C=O) groups is 3. The maximum absolute atomic E-state index is 12.3. The number of carbonyl (C=O) groups excluding carboxylic acids is 3. The number of benzene rings is 1. The number of imide groups is 1. The van der Waals surface area contributed by atoms with Gasteiger partial charge < -0.3 is 4.74 Å². The molecule has 0 radical (unpaired) electrons. The fourth-order valence-corrected chi connectivity index (χ4v) is 3.17.